The third kappa shape index (κ3) is 4.10. The standard InChI is InChI=1S/C19H18N4O3S2/c24-18(13-27-15-4-2-1-3-5-15)21-8-10-22(11-9-21)19-20-16-7-6-14(23(25)26)12-17(16)28-19/h1-7,12H,8-11,13H2. The summed E-state index contributed by atoms with van der Waals surface area (Å²) in [6.07, 6.45) is 0. The number of nitrogens with zero attached hydrogens (tertiary/aromatic N) is 4. The first-order valence-electron chi connectivity index (χ1n) is 8.86. The van der Waals surface area contributed by atoms with E-state index in [1.54, 1.807) is 23.9 Å². The number of nitro benzene ring substituents is 1. The maximum atomic E-state index is 12.5. The van der Waals surface area contributed by atoms with Gasteiger partial charge in [-0.05, 0) is 18.2 Å². The number of thioether (sulfide) groups is 1. The molecule has 0 bridgehead atoms. The van der Waals surface area contributed by atoms with Gasteiger partial charge < -0.3 is 9.80 Å². The van der Waals surface area contributed by atoms with Crippen LogP contribution in [0.25, 0.3) is 10.2 Å². The van der Waals surface area contributed by atoms with E-state index in [4.69, 9.17) is 0 Å². The quantitative estimate of drug-likeness (QED) is 0.360. The molecular formula is C19H18N4O3S2. The molecule has 0 N–H and O–H groups in total. The number of aromatic nitrogens is 1. The summed E-state index contributed by atoms with van der Waals surface area (Å²) in [7, 11) is 0. The Hall–Kier alpha value is -2.65. The van der Waals surface area contributed by atoms with Gasteiger partial charge >= 0.3 is 0 Å². The summed E-state index contributed by atoms with van der Waals surface area (Å²) in [6.45, 7) is 2.74. The summed E-state index contributed by atoms with van der Waals surface area (Å²) in [5.41, 5.74) is 0.845. The summed E-state index contributed by atoms with van der Waals surface area (Å²) in [5, 5.41) is 11.8. The number of carbonyl (C=O) groups excluding carboxylic acids is 1. The molecule has 1 aliphatic rings. The van der Waals surface area contributed by atoms with E-state index in [1.165, 1.54) is 17.4 Å². The third-order valence-corrected chi connectivity index (χ3v) is 6.66. The van der Waals surface area contributed by atoms with Crippen molar-refractivity contribution in [2.24, 2.45) is 0 Å². The maximum Gasteiger partial charge on any atom is 0.270 e. The van der Waals surface area contributed by atoms with Gasteiger partial charge in [0.05, 0.1) is 20.9 Å². The van der Waals surface area contributed by atoms with Crippen molar-refractivity contribution in [3.63, 3.8) is 0 Å². The smallest absolute Gasteiger partial charge is 0.270 e. The highest BCUT2D eigenvalue weighted by molar-refractivity contribution is 8.00. The van der Waals surface area contributed by atoms with Crippen molar-refractivity contribution < 1.29 is 9.72 Å². The second-order valence-corrected chi connectivity index (χ2v) is 8.43. The Labute approximate surface area is 170 Å². The summed E-state index contributed by atoms with van der Waals surface area (Å²) in [6, 6.07) is 14.7. The fraction of sp³-hybridized carbons (Fsp3) is 0.263. The van der Waals surface area contributed by atoms with E-state index in [2.05, 4.69) is 9.88 Å². The fourth-order valence-electron chi connectivity index (χ4n) is 3.05. The highest BCUT2D eigenvalue weighted by Crippen LogP contribution is 2.32. The minimum absolute atomic E-state index is 0.0778. The zero-order chi connectivity index (χ0) is 19.5. The molecule has 7 nitrogen and oxygen atoms in total. The Kier molecular flexibility index (Phi) is 5.45. The molecule has 144 valence electrons. The molecule has 0 radical (unpaired) electrons. The number of benzene rings is 2. The maximum absolute atomic E-state index is 12.5. The molecule has 0 unspecified atom stereocenters. The number of anilines is 1. The lowest BCUT2D eigenvalue weighted by atomic mass is 10.3. The van der Waals surface area contributed by atoms with Gasteiger partial charge in [0.15, 0.2) is 5.13 Å². The fourth-order valence-corrected chi connectivity index (χ4v) is 4.92. The molecule has 0 saturated carbocycles. The van der Waals surface area contributed by atoms with Crippen molar-refractivity contribution in [1.29, 1.82) is 0 Å². The van der Waals surface area contributed by atoms with Crippen LogP contribution >= 0.6 is 23.1 Å². The molecule has 0 spiro atoms. The van der Waals surface area contributed by atoms with Crippen molar-refractivity contribution in [3.05, 3.63) is 58.6 Å². The Morgan fingerprint density at radius 2 is 1.89 bits per heavy atom. The van der Waals surface area contributed by atoms with E-state index in [0.717, 1.165) is 20.2 Å². The van der Waals surface area contributed by atoms with Crippen LogP contribution in [0, 0.1) is 10.1 Å². The molecule has 1 aromatic heterocycles. The SMILES string of the molecule is O=C(CSc1ccccc1)N1CCN(c2nc3ccc([N+](=O)[O-])cc3s2)CC1. The van der Waals surface area contributed by atoms with Crippen LogP contribution in [0.4, 0.5) is 10.8 Å². The monoisotopic (exact) mass is 414 g/mol. The van der Waals surface area contributed by atoms with Gasteiger partial charge in [-0.3, -0.25) is 14.9 Å². The minimum atomic E-state index is -0.392. The van der Waals surface area contributed by atoms with E-state index >= 15 is 0 Å². The van der Waals surface area contributed by atoms with Gasteiger partial charge in [0.25, 0.3) is 5.69 Å². The zero-order valence-corrected chi connectivity index (χ0v) is 16.6. The molecule has 28 heavy (non-hydrogen) atoms. The molecule has 1 amide bonds. The number of carbonyl (C=O) groups is 1. The number of fused-ring (bicyclic) bond motifs is 1. The zero-order valence-electron chi connectivity index (χ0n) is 15.0. The number of hydrogen-bond donors (Lipinski definition) is 0. The third-order valence-electron chi connectivity index (χ3n) is 4.58. The highest BCUT2D eigenvalue weighted by Gasteiger charge is 2.23. The lowest BCUT2D eigenvalue weighted by Crippen LogP contribution is -2.49. The minimum Gasteiger partial charge on any atom is -0.345 e. The number of nitro groups is 1. The molecular weight excluding hydrogens is 396 g/mol. The molecule has 2 aromatic carbocycles. The molecule has 1 fully saturated rings. The predicted molar refractivity (Wildman–Crippen MR) is 112 cm³/mol. The molecule has 4 rings (SSSR count). The number of amides is 1. The van der Waals surface area contributed by atoms with Gasteiger partial charge in [0.1, 0.15) is 0 Å². The van der Waals surface area contributed by atoms with E-state index < -0.39 is 4.92 Å². The average Bonchev–Trinajstić information content (AvgIpc) is 3.16. The lowest BCUT2D eigenvalue weighted by Gasteiger charge is -2.34. The van der Waals surface area contributed by atoms with Crippen LogP contribution in [0.1, 0.15) is 0 Å². The second kappa shape index (κ2) is 8.15. The van der Waals surface area contributed by atoms with Crippen molar-refractivity contribution >= 4 is 50.0 Å². The Morgan fingerprint density at radius 1 is 1.14 bits per heavy atom. The van der Waals surface area contributed by atoms with E-state index in [0.29, 0.717) is 31.9 Å². The topological polar surface area (TPSA) is 79.6 Å². The second-order valence-electron chi connectivity index (χ2n) is 6.38. The van der Waals surface area contributed by atoms with Crippen LogP contribution in [-0.2, 0) is 4.79 Å². The first-order valence-corrected chi connectivity index (χ1v) is 10.7. The van der Waals surface area contributed by atoms with Gasteiger partial charge in [0.2, 0.25) is 5.91 Å². The van der Waals surface area contributed by atoms with Gasteiger partial charge in [-0.1, -0.05) is 29.5 Å². The van der Waals surface area contributed by atoms with Crippen LogP contribution in [0.15, 0.2) is 53.4 Å². The van der Waals surface area contributed by atoms with E-state index in [9.17, 15) is 14.9 Å². The molecule has 0 aliphatic carbocycles. The first kappa shape index (κ1) is 18.7. The Morgan fingerprint density at radius 3 is 2.61 bits per heavy atom. The average molecular weight is 415 g/mol. The van der Waals surface area contributed by atoms with Crippen LogP contribution in [0.5, 0.6) is 0 Å². The summed E-state index contributed by atoms with van der Waals surface area (Å²) >= 11 is 3.01. The number of non-ortho nitro benzene ring substituents is 1. The van der Waals surface area contributed by atoms with Crippen molar-refractivity contribution in [3.8, 4) is 0 Å². The number of rotatable bonds is 5. The highest BCUT2D eigenvalue weighted by atomic mass is 32.2. The predicted octanol–water partition coefficient (Wildman–Crippen LogP) is 3.65. The lowest BCUT2D eigenvalue weighted by molar-refractivity contribution is -0.384. The summed E-state index contributed by atoms with van der Waals surface area (Å²) in [5.74, 6) is 0.586. The van der Waals surface area contributed by atoms with Crippen LogP contribution in [-0.4, -0.2) is 52.6 Å². The van der Waals surface area contributed by atoms with Crippen LogP contribution in [0.2, 0.25) is 0 Å². The van der Waals surface area contributed by atoms with Crippen LogP contribution in [0.3, 0.4) is 0 Å². The van der Waals surface area contributed by atoms with Gasteiger partial charge in [0, 0.05) is 43.2 Å². The van der Waals surface area contributed by atoms with Gasteiger partial charge in [-0.2, -0.15) is 0 Å². The van der Waals surface area contributed by atoms with E-state index in [1.807, 2.05) is 35.2 Å². The molecule has 1 saturated heterocycles. The Balaban J connectivity index is 1.35. The summed E-state index contributed by atoms with van der Waals surface area (Å²) < 4.78 is 0.807. The first-order chi connectivity index (χ1) is 13.6. The normalized spacial score (nSPS) is 14.4. The van der Waals surface area contributed by atoms with Gasteiger partial charge in [-0.25, -0.2) is 4.98 Å². The largest absolute Gasteiger partial charge is 0.345 e. The van der Waals surface area contributed by atoms with Crippen LogP contribution < -0.4 is 4.90 Å². The van der Waals surface area contributed by atoms with Crippen molar-refractivity contribution in [2.75, 3.05) is 36.8 Å². The number of hydrogen-bond acceptors (Lipinski definition) is 7. The Bertz CT molecular complexity index is 1000. The molecule has 9 heteroatoms. The molecule has 2 heterocycles. The molecule has 1 aliphatic heterocycles. The van der Waals surface area contributed by atoms with Crippen molar-refractivity contribution in [1.82, 2.24) is 9.88 Å². The van der Waals surface area contributed by atoms with Gasteiger partial charge in [-0.15, -0.1) is 11.8 Å². The van der Waals surface area contributed by atoms with E-state index in [-0.39, 0.29) is 11.6 Å². The summed E-state index contributed by atoms with van der Waals surface area (Å²) in [4.78, 5) is 32.7. The molecule has 3 aromatic rings. The number of piperazine rings is 1. The molecule has 0 atom stereocenters. The number of thiazole rings is 1. The van der Waals surface area contributed by atoms with Crippen molar-refractivity contribution in [2.45, 2.75) is 4.90 Å².